The molecule has 0 radical (unpaired) electrons. The summed E-state index contributed by atoms with van der Waals surface area (Å²) in [7, 11) is -1.27. The Morgan fingerprint density at radius 1 is 1.36 bits per heavy atom. The fraction of sp³-hybridized carbons (Fsp3) is 0.579. The molecular weight excluding hydrogens is 334 g/mol. The first-order valence-electron chi connectivity index (χ1n) is 9.08. The minimum Gasteiger partial charge on any atom is -0.302 e. The van der Waals surface area contributed by atoms with Crippen LogP contribution in [0.2, 0.25) is 0 Å². The molecule has 4 rings (SSSR count). The highest BCUT2D eigenvalue weighted by atomic mass is 32.2. The molecule has 3 aliphatic heterocycles. The molecule has 0 aromatic heterocycles. The number of nitrogens with one attached hydrogen (secondary N) is 1. The molecule has 0 spiro atoms. The van der Waals surface area contributed by atoms with Gasteiger partial charge in [-0.25, -0.2) is 13.1 Å². The van der Waals surface area contributed by atoms with Crippen molar-refractivity contribution in [1.82, 2.24) is 14.5 Å². The Labute approximate surface area is 151 Å². The summed E-state index contributed by atoms with van der Waals surface area (Å²) in [5, 5.41) is 0. The molecular formula is C19H29N3O2S. The molecule has 0 saturated carbocycles. The third kappa shape index (κ3) is 4.50. The molecule has 6 heteroatoms. The Kier molecular flexibility index (Phi) is 5.94. The van der Waals surface area contributed by atoms with E-state index in [-0.39, 0.29) is 0 Å². The average Bonchev–Trinajstić information content (AvgIpc) is 2.62. The summed E-state index contributed by atoms with van der Waals surface area (Å²) >= 11 is 0. The van der Waals surface area contributed by atoms with Crippen LogP contribution in [0.15, 0.2) is 47.9 Å². The zero-order valence-corrected chi connectivity index (χ0v) is 15.8. The second kappa shape index (κ2) is 7.99. The van der Waals surface area contributed by atoms with Gasteiger partial charge in [0.05, 0.1) is 4.90 Å². The molecule has 3 fully saturated rings. The van der Waals surface area contributed by atoms with Crippen molar-refractivity contribution in [3.05, 3.63) is 43.0 Å². The van der Waals surface area contributed by atoms with Crippen molar-refractivity contribution >= 4 is 10.0 Å². The molecule has 1 aromatic carbocycles. The van der Waals surface area contributed by atoms with Crippen molar-refractivity contribution in [1.29, 1.82) is 0 Å². The number of hydrogen-bond donors (Lipinski definition) is 1. The molecule has 2 bridgehead atoms. The van der Waals surface area contributed by atoms with Crippen LogP contribution in [0.25, 0.3) is 0 Å². The fourth-order valence-corrected chi connectivity index (χ4v) is 5.35. The fourth-order valence-electron chi connectivity index (χ4n) is 4.25. The maximum atomic E-state index is 12.4. The highest BCUT2D eigenvalue weighted by Crippen LogP contribution is 2.36. The van der Waals surface area contributed by atoms with Gasteiger partial charge in [0.2, 0.25) is 10.0 Å². The normalized spacial score (nSPS) is 29.0. The van der Waals surface area contributed by atoms with Gasteiger partial charge in [-0.15, -0.1) is 6.58 Å². The van der Waals surface area contributed by atoms with Crippen molar-refractivity contribution in [3.63, 3.8) is 0 Å². The number of likely N-dealkylation sites (N-methyl/N-ethyl adjacent to an activating group) is 1. The molecule has 25 heavy (non-hydrogen) atoms. The standard InChI is InChI=1S/C19H29N3O2S/c1-3-10-21(2)14-17-15-22-11-9-16(17)12-18(22)13-20-25(23,24)19-7-5-4-6-8-19/h3-8,16-18,20H,1,9-15H2,2H3. The molecule has 3 heterocycles. The van der Waals surface area contributed by atoms with Crippen LogP contribution >= 0.6 is 0 Å². The molecule has 0 aliphatic carbocycles. The Hall–Kier alpha value is -1.21. The van der Waals surface area contributed by atoms with Crippen molar-refractivity contribution < 1.29 is 8.42 Å². The van der Waals surface area contributed by atoms with Crippen LogP contribution in [0.1, 0.15) is 12.8 Å². The second-order valence-electron chi connectivity index (χ2n) is 7.37. The summed E-state index contributed by atoms with van der Waals surface area (Å²) in [4.78, 5) is 5.14. The number of rotatable bonds is 8. The lowest BCUT2D eigenvalue weighted by Crippen LogP contribution is -2.58. The smallest absolute Gasteiger partial charge is 0.240 e. The molecule has 1 N–H and O–H groups in total. The van der Waals surface area contributed by atoms with Gasteiger partial charge >= 0.3 is 0 Å². The van der Waals surface area contributed by atoms with Crippen LogP contribution in [-0.2, 0) is 10.0 Å². The minimum absolute atomic E-state index is 0.318. The molecule has 4 unspecified atom stereocenters. The minimum atomic E-state index is -3.41. The van der Waals surface area contributed by atoms with Crippen LogP contribution in [-0.4, -0.2) is 64.0 Å². The predicted molar refractivity (Wildman–Crippen MR) is 101 cm³/mol. The van der Waals surface area contributed by atoms with Crippen LogP contribution in [0.4, 0.5) is 0 Å². The number of piperidine rings is 3. The summed E-state index contributed by atoms with van der Waals surface area (Å²) in [6, 6.07) is 8.94. The first-order valence-corrected chi connectivity index (χ1v) is 10.6. The largest absolute Gasteiger partial charge is 0.302 e. The molecule has 0 amide bonds. The summed E-state index contributed by atoms with van der Waals surface area (Å²) in [5.74, 6) is 1.38. The van der Waals surface area contributed by atoms with E-state index in [1.807, 2.05) is 12.1 Å². The monoisotopic (exact) mass is 363 g/mol. The lowest BCUT2D eigenvalue weighted by Gasteiger charge is -2.50. The van der Waals surface area contributed by atoms with E-state index in [0.717, 1.165) is 32.6 Å². The van der Waals surface area contributed by atoms with E-state index in [1.54, 1.807) is 24.3 Å². The summed E-state index contributed by atoms with van der Waals surface area (Å²) < 4.78 is 27.6. The molecule has 3 aliphatic rings. The topological polar surface area (TPSA) is 52.6 Å². The lowest BCUT2D eigenvalue weighted by molar-refractivity contribution is -0.00640. The van der Waals surface area contributed by atoms with Crippen LogP contribution in [0.5, 0.6) is 0 Å². The number of sulfonamides is 1. The van der Waals surface area contributed by atoms with Gasteiger partial charge < -0.3 is 4.90 Å². The van der Waals surface area contributed by atoms with Gasteiger partial charge in [0, 0.05) is 32.2 Å². The van der Waals surface area contributed by atoms with Crippen molar-refractivity contribution in [3.8, 4) is 0 Å². The summed E-state index contributed by atoms with van der Waals surface area (Å²) in [6.07, 6.45) is 4.26. The van der Waals surface area contributed by atoms with Gasteiger partial charge in [-0.1, -0.05) is 24.3 Å². The van der Waals surface area contributed by atoms with E-state index < -0.39 is 10.0 Å². The Morgan fingerprint density at radius 3 is 2.76 bits per heavy atom. The van der Waals surface area contributed by atoms with Crippen molar-refractivity contribution in [2.45, 2.75) is 23.8 Å². The predicted octanol–water partition coefficient (Wildman–Crippen LogP) is 1.79. The maximum absolute atomic E-state index is 12.4. The number of fused-ring (bicyclic) bond motifs is 3. The van der Waals surface area contributed by atoms with E-state index >= 15 is 0 Å². The van der Waals surface area contributed by atoms with E-state index in [4.69, 9.17) is 0 Å². The lowest BCUT2D eigenvalue weighted by atomic mass is 9.75. The number of benzene rings is 1. The van der Waals surface area contributed by atoms with Crippen LogP contribution in [0, 0.1) is 11.8 Å². The molecule has 4 atom stereocenters. The zero-order chi connectivity index (χ0) is 17.9. The third-order valence-electron chi connectivity index (χ3n) is 5.56. The van der Waals surface area contributed by atoms with Crippen LogP contribution < -0.4 is 4.72 Å². The zero-order valence-electron chi connectivity index (χ0n) is 15.0. The molecule has 5 nitrogen and oxygen atoms in total. The Morgan fingerprint density at radius 2 is 2.12 bits per heavy atom. The van der Waals surface area contributed by atoms with E-state index in [2.05, 4.69) is 28.1 Å². The first-order chi connectivity index (χ1) is 12.0. The van der Waals surface area contributed by atoms with Gasteiger partial charge in [0.15, 0.2) is 0 Å². The van der Waals surface area contributed by atoms with E-state index in [0.29, 0.717) is 29.3 Å². The third-order valence-corrected chi connectivity index (χ3v) is 7.00. The number of hydrogen-bond acceptors (Lipinski definition) is 4. The SMILES string of the molecule is C=CCN(C)CC1CN2CCC1CC2CNS(=O)(=O)c1ccccc1. The van der Waals surface area contributed by atoms with Gasteiger partial charge in [-0.05, 0) is 50.4 Å². The molecule has 3 saturated heterocycles. The van der Waals surface area contributed by atoms with Gasteiger partial charge in [-0.3, -0.25) is 4.90 Å². The number of nitrogens with zero attached hydrogens (tertiary/aromatic N) is 2. The molecule has 138 valence electrons. The summed E-state index contributed by atoms with van der Waals surface area (Å²) in [6.45, 7) is 8.49. The molecule has 1 aromatic rings. The average molecular weight is 364 g/mol. The highest BCUT2D eigenvalue weighted by Gasteiger charge is 2.40. The van der Waals surface area contributed by atoms with Crippen molar-refractivity contribution in [2.24, 2.45) is 11.8 Å². The van der Waals surface area contributed by atoms with Crippen LogP contribution in [0.3, 0.4) is 0 Å². The Balaban J connectivity index is 1.55. The van der Waals surface area contributed by atoms with E-state index in [1.165, 1.54) is 6.42 Å². The first kappa shape index (κ1) is 18.6. The van der Waals surface area contributed by atoms with E-state index in [9.17, 15) is 8.42 Å². The summed E-state index contributed by atoms with van der Waals surface area (Å²) in [5.41, 5.74) is 0. The quantitative estimate of drug-likeness (QED) is 0.716. The van der Waals surface area contributed by atoms with Gasteiger partial charge in [0.25, 0.3) is 0 Å². The second-order valence-corrected chi connectivity index (χ2v) is 9.14. The maximum Gasteiger partial charge on any atom is 0.240 e. The van der Waals surface area contributed by atoms with Gasteiger partial charge in [-0.2, -0.15) is 0 Å². The van der Waals surface area contributed by atoms with Crippen molar-refractivity contribution in [2.75, 3.05) is 39.8 Å². The van der Waals surface area contributed by atoms with Gasteiger partial charge in [0.1, 0.15) is 0 Å². The Bertz CT molecular complexity index is 677. The highest BCUT2D eigenvalue weighted by molar-refractivity contribution is 7.89.